The van der Waals surface area contributed by atoms with E-state index in [4.69, 9.17) is 4.98 Å². The first-order valence-electron chi connectivity index (χ1n) is 11.3. The number of imidazole rings is 1. The van der Waals surface area contributed by atoms with Crippen LogP contribution in [0.4, 0.5) is 4.39 Å². The molecule has 1 saturated heterocycles. The Bertz CT molecular complexity index is 1310. The van der Waals surface area contributed by atoms with Crippen LogP contribution in [0.5, 0.6) is 0 Å². The molecular formula is C25H29FN4O2S. The van der Waals surface area contributed by atoms with Crippen molar-refractivity contribution in [3.63, 3.8) is 0 Å². The van der Waals surface area contributed by atoms with E-state index in [1.165, 1.54) is 12.1 Å². The first-order chi connectivity index (χ1) is 15.7. The number of rotatable bonds is 3. The van der Waals surface area contributed by atoms with Gasteiger partial charge in [0.1, 0.15) is 11.6 Å². The molecule has 1 fully saturated rings. The van der Waals surface area contributed by atoms with E-state index >= 15 is 0 Å². The van der Waals surface area contributed by atoms with E-state index in [0.717, 1.165) is 41.3 Å². The quantitative estimate of drug-likeness (QED) is 0.585. The largest absolute Gasteiger partial charge is 0.325 e. The molecule has 0 radical (unpaired) electrons. The molecule has 0 saturated carbocycles. The highest BCUT2D eigenvalue weighted by molar-refractivity contribution is 7.89. The molecule has 5 rings (SSSR count). The average Bonchev–Trinajstić information content (AvgIpc) is 3.24. The number of nitrogens with zero attached hydrogens (tertiary/aromatic N) is 4. The molecule has 8 heteroatoms. The lowest BCUT2D eigenvalue weighted by molar-refractivity contribution is 0.0274. The number of hydrogen-bond donors (Lipinski definition) is 0. The molecule has 0 atom stereocenters. The van der Waals surface area contributed by atoms with Gasteiger partial charge in [-0.3, -0.25) is 4.90 Å². The number of aromatic nitrogens is 2. The van der Waals surface area contributed by atoms with Crippen LogP contribution in [0.25, 0.3) is 11.3 Å². The summed E-state index contributed by atoms with van der Waals surface area (Å²) >= 11 is 0. The fourth-order valence-corrected chi connectivity index (χ4v) is 7.06. The summed E-state index contributed by atoms with van der Waals surface area (Å²) in [6, 6.07) is 12.2. The second-order valence-corrected chi connectivity index (χ2v) is 11.2. The molecule has 1 spiro atoms. The minimum Gasteiger partial charge on any atom is -0.325 e. The third-order valence-electron chi connectivity index (χ3n) is 7.29. The molecule has 1 aromatic heterocycles. The Morgan fingerprint density at radius 2 is 1.76 bits per heavy atom. The van der Waals surface area contributed by atoms with Crippen LogP contribution >= 0.6 is 0 Å². The van der Waals surface area contributed by atoms with Crippen molar-refractivity contribution in [2.45, 2.75) is 43.7 Å². The number of likely N-dealkylation sites (N-methyl/N-ethyl adjacent to an activating group) is 1. The van der Waals surface area contributed by atoms with Gasteiger partial charge in [0.15, 0.2) is 0 Å². The van der Waals surface area contributed by atoms with Gasteiger partial charge in [-0.2, -0.15) is 4.31 Å². The Morgan fingerprint density at radius 1 is 1.00 bits per heavy atom. The van der Waals surface area contributed by atoms with Gasteiger partial charge < -0.3 is 4.57 Å². The number of hydrogen-bond acceptors (Lipinski definition) is 4. The lowest BCUT2D eigenvalue weighted by Crippen LogP contribution is -2.57. The molecule has 0 bridgehead atoms. The SMILES string of the molecule is Cc1ccc(C)c(S(=O)(=O)N2CCC3(CC2)c2ncc(-c4cccc(F)c4)n2CCN3C)c1. The van der Waals surface area contributed by atoms with E-state index in [2.05, 4.69) is 16.5 Å². The Morgan fingerprint density at radius 3 is 2.48 bits per heavy atom. The maximum Gasteiger partial charge on any atom is 0.243 e. The maximum atomic E-state index is 13.8. The van der Waals surface area contributed by atoms with Crippen LogP contribution in [0, 0.1) is 19.7 Å². The summed E-state index contributed by atoms with van der Waals surface area (Å²) in [4.78, 5) is 7.50. The summed E-state index contributed by atoms with van der Waals surface area (Å²) in [5.41, 5.74) is 3.08. The van der Waals surface area contributed by atoms with E-state index in [0.29, 0.717) is 30.8 Å². The minimum absolute atomic E-state index is 0.268. The summed E-state index contributed by atoms with van der Waals surface area (Å²) in [6.07, 6.45) is 3.14. The third kappa shape index (κ3) is 3.61. The Kier molecular flexibility index (Phi) is 5.42. The maximum absolute atomic E-state index is 13.8. The predicted octanol–water partition coefficient (Wildman–Crippen LogP) is 3.93. The first-order valence-corrected chi connectivity index (χ1v) is 12.8. The molecule has 2 aliphatic rings. The zero-order chi connectivity index (χ0) is 23.4. The smallest absolute Gasteiger partial charge is 0.243 e. The van der Waals surface area contributed by atoms with E-state index in [9.17, 15) is 12.8 Å². The Balaban J connectivity index is 1.46. The van der Waals surface area contributed by atoms with Gasteiger partial charge in [-0.05, 0) is 63.1 Å². The molecule has 0 N–H and O–H groups in total. The van der Waals surface area contributed by atoms with Crippen molar-refractivity contribution in [3.8, 4) is 11.3 Å². The topological polar surface area (TPSA) is 58.4 Å². The molecular weight excluding hydrogens is 439 g/mol. The van der Waals surface area contributed by atoms with Gasteiger partial charge in [0, 0.05) is 31.7 Å². The number of sulfonamides is 1. The lowest BCUT2D eigenvalue weighted by Gasteiger charge is -2.49. The fourth-order valence-electron chi connectivity index (χ4n) is 5.31. The molecule has 6 nitrogen and oxygen atoms in total. The molecule has 2 aliphatic heterocycles. The number of halogens is 1. The molecule has 174 valence electrons. The standard InChI is InChI=1S/C25H29FN4O2S/c1-18-7-8-19(2)23(15-18)33(31,32)29-11-9-25(10-12-29)24-27-17-22(30(24)14-13-28(25)3)20-5-4-6-21(26)16-20/h4-8,15-17H,9-14H2,1-3H3. The van der Waals surface area contributed by atoms with Crippen molar-refractivity contribution in [2.24, 2.45) is 0 Å². The van der Waals surface area contributed by atoms with Gasteiger partial charge in [0.2, 0.25) is 10.0 Å². The van der Waals surface area contributed by atoms with Crippen LogP contribution in [-0.2, 0) is 22.1 Å². The number of benzene rings is 2. The molecule has 0 unspecified atom stereocenters. The van der Waals surface area contributed by atoms with Gasteiger partial charge in [-0.15, -0.1) is 0 Å². The number of aryl methyl sites for hydroxylation is 2. The predicted molar refractivity (Wildman–Crippen MR) is 126 cm³/mol. The van der Waals surface area contributed by atoms with Crippen molar-refractivity contribution >= 4 is 10.0 Å². The molecule has 2 aromatic carbocycles. The number of piperidine rings is 1. The second kappa shape index (κ2) is 8.04. The van der Waals surface area contributed by atoms with Crippen molar-refractivity contribution < 1.29 is 12.8 Å². The average molecular weight is 469 g/mol. The van der Waals surface area contributed by atoms with Crippen LogP contribution in [0.3, 0.4) is 0 Å². The van der Waals surface area contributed by atoms with Crippen molar-refractivity contribution in [1.82, 2.24) is 18.8 Å². The van der Waals surface area contributed by atoms with Crippen LogP contribution in [0.15, 0.2) is 53.6 Å². The van der Waals surface area contributed by atoms with Crippen molar-refractivity contribution in [1.29, 1.82) is 0 Å². The fraction of sp³-hybridized carbons (Fsp3) is 0.400. The Hall–Kier alpha value is -2.55. The van der Waals surface area contributed by atoms with Crippen LogP contribution < -0.4 is 0 Å². The van der Waals surface area contributed by atoms with Gasteiger partial charge in [-0.1, -0.05) is 24.3 Å². The summed E-state index contributed by atoms with van der Waals surface area (Å²) in [7, 11) is -1.47. The highest BCUT2D eigenvalue weighted by Gasteiger charge is 2.47. The van der Waals surface area contributed by atoms with Gasteiger partial charge in [0.25, 0.3) is 0 Å². The van der Waals surface area contributed by atoms with Crippen molar-refractivity contribution in [2.75, 3.05) is 26.7 Å². The monoisotopic (exact) mass is 468 g/mol. The van der Waals surface area contributed by atoms with Gasteiger partial charge in [0.05, 0.1) is 22.3 Å². The minimum atomic E-state index is -3.56. The molecule has 33 heavy (non-hydrogen) atoms. The molecule has 3 heterocycles. The summed E-state index contributed by atoms with van der Waals surface area (Å²) in [5, 5.41) is 0. The lowest BCUT2D eigenvalue weighted by atomic mass is 9.84. The van der Waals surface area contributed by atoms with E-state index in [1.54, 1.807) is 16.4 Å². The van der Waals surface area contributed by atoms with Crippen LogP contribution in [0.2, 0.25) is 0 Å². The highest BCUT2D eigenvalue weighted by atomic mass is 32.2. The van der Waals surface area contributed by atoms with Gasteiger partial charge >= 0.3 is 0 Å². The zero-order valence-electron chi connectivity index (χ0n) is 19.3. The summed E-state index contributed by atoms with van der Waals surface area (Å²) < 4.78 is 44.5. The normalized spacial score (nSPS) is 19.0. The van der Waals surface area contributed by atoms with E-state index in [-0.39, 0.29) is 11.4 Å². The second-order valence-electron chi connectivity index (χ2n) is 9.26. The zero-order valence-corrected chi connectivity index (χ0v) is 20.1. The highest BCUT2D eigenvalue weighted by Crippen LogP contribution is 2.42. The summed E-state index contributed by atoms with van der Waals surface area (Å²) in [5.74, 6) is 0.676. The van der Waals surface area contributed by atoms with Crippen LogP contribution in [0.1, 0.15) is 29.8 Å². The third-order valence-corrected chi connectivity index (χ3v) is 9.33. The van der Waals surface area contributed by atoms with E-state index in [1.807, 2.05) is 38.2 Å². The van der Waals surface area contributed by atoms with Crippen molar-refractivity contribution in [3.05, 3.63) is 71.4 Å². The molecule has 0 amide bonds. The van der Waals surface area contributed by atoms with Crippen LogP contribution in [-0.4, -0.2) is 53.9 Å². The number of fused-ring (bicyclic) bond motifs is 2. The van der Waals surface area contributed by atoms with Gasteiger partial charge in [-0.25, -0.2) is 17.8 Å². The summed E-state index contributed by atoms with van der Waals surface area (Å²) in [6.45, 7) is 6.22. The van der Waals surface area contributed by atoms with E-state index < -0.39 is 10.0 Å². The Labute approximate surface area is 194 Å². The first kappa shape index (κ1) is 22.3. The molecule has 0 aliphatic carbocycles. The molecule has 3 aromatic rings.